The normalized spacial score (nSPS) is 12.6. The van der Waals surface area contributed by atoms with Crippen molar-refractivity contribution >= 4 is 11.3 Å². The highest BCUT2D eigenvalue weighted by atomic mass is 32.1. The Bertz CT molecular complexity index is 510. The standard InChI is InChI=1S/C14H17NO2S/c1-10-5-6-13(18-10)8-15-9-14(17)11-3-2-4-12(16)7-11/h2-7,14-17H,8-9H2,1H3/p+1/t14-/m1/s1. The van der Waals surface area contributed by atoms with Gasteiger partial charge in [0.15, 0.2) is 0 Å². The van der Waals surface area contributed by atoms with E-state index in [0.717, 1.165) is 12.1 Å². The highest BCUT2D eigenvalue weighted by Gasteiger charge is 2.10. The van der Waals surface area contributed by atoms with Crippen molar-refractivity contribution in [3.63, 3.8) is 0 Å². The third-order valence-corrected chi connectivity index (χ3v) is 3.81. The lowest BCUT2D eigenvalue weighted by atomic mass is 10.1. The molecule has 0 amide bonds. The van der Waals surface area contributed by atoms with Gasteiger partial charge >= 0.3 is 0 Å². The monoisotopic (exact) mass is 264 g/mol. The Morgan fingerprint density at radius 3 is 2.78 bits per heavy atom. The number of thiophene rings is 1. The Balaban J connectivity index is 1.83. The van der Waals surface area contributed by atoms with Gasteiger partial charge in [0, 0.05) is 4.88 Å². The first-order valence-corrected chi connectivity index (χ1v) is 6.81. The van der Waals surface area contributed by atoms with Crippen molar-refractivity contribution in [2.45, 2.75) is 19.6 Å². The Morgan fingerprint density at radius 1 is 1.28 bits per heavy atom. The average Bonchev–Trinajstić information content (AvgIpc) is 2.75. The minimum absolute atomic E-state index is 0.195. The summed E-state index contributed by atoms with van der Waals surface area (Å²) in [4.78, 5) is 2.63. The Morgan fingerprint density at radius 2 is 2.11 bits per heavy atom. The second-order valence-electron chi connectivity index (χ2n) is 4.35. The summed E-state index contributed by atoms with van der Waals surface area (Å²) in [6, 6.07) is 11.0. The second-order valence-corrected chi connectivity index (χ2v) is 5.72. The van der Waals surface area contributed by atoms with Crippen LogP contribution in [0.3, 0.4) is 0 Å². The molecule has 2 aromatic rings. The van der Waals surface area contributed by atoms with Crippen LogP contribution < -0.4 is 5.32 Å². The van der Waals surface area contributed by atoms with Gasteiger partial charge in [-0.1, -0.05) is 12.1 Å². The third-order valence-electron chi connectivity index (χ3n) is 2.79. The number of quaternary nitrogens is 1. The van der Waals surface area contributed by atoms with Crippen molar-refractivity contribution < 1.29 is 15.5 Å². The number of aryl methyl sites for hydroxylation is 1. The van der Waals surface area contributed by atoms with Gasteiger partial charge in [-0.3, -0.25) is 0 Å². The largest absolute Gasteiger partial charge is 0.508 e. The van der Waals surface area contributed by atoms with E-state index in [-0.39, 0.29) is 5.75 Å². The molecule has 0 bridgehead atoms. The molecular weight excluding hydrogens is 246 g/mol. The number of aliphatic hydroxyl groups is 1. The fourth-order valence-electron chi connectivity index (χ4n) is 1.85. The van der Waals surface area contributed by atoms with Crippen LogP contribution >= 0.6 is 11.3 Å². The minimum Gasteiger partial charge on any atom is -0.508 e. The van der Waals surface area contributed by atoms with Gasteiger partial charge in [0.05, 0.1) is 4.88 Å². The maximum atomic E-state index is 9.99. The van der Waals surface area contributed by atoms with Gasteiger partial charge in [-0.25, -0.2) is 0 Å². The Kier molecular flexibility index (Phi) is 4.36. The second kappa shape index (κ2) is 6.00. The molecule has 0 spiro atoms. The summed E-state index contributed by atoms with van der Waals surface area (Å²) in [5.41, 5.74) is 0.758. The number of phenols is 1. The molecule has 1 heterocycles. The molecule has 0 unspecified atom stereocenters. The molecule has 0 fully saturated rings. The van der Waals surface area contributed by atoms with Crippen molar-refractivity contribution in [3.8, 4) is 5.75 Å². The molecule has 0 aliphatic rings. The first kappa shape index (κ1) is 13.1. The molecule has 0 saturated carbocycles. The molecule has 0 aliphatic heterocycles. The lowest BCUT2D eigenvalue weighted by molar-refractivity contribution is -0.677. The van der Waals surface area contributed by atoms with E-state index < -0.39 is 6.10 Å². The smallest absolute Gasteiger partial charge is 0.128 e. The fourth-order valence-corrected chi connectivity index (χ4v) is 2.73. The van der Waals surface area contributed by atoms with E-state index in [1.807, 2.05) is 6.07 Å². The number of aromatic hydroxyl groups is 1. The zero-order chi connectivity index (χ0) is 13.0. The average molecular weight is 264 g/mol. The summed E-state index contributed by atoms with van der Waals surface area (Å²) >= 11 is 1.78. The fraction of sp³-hybridized carbons (Fsp3) is 0.286. The van der Waals surface area contributed by atoms with Crippen molar-refractivity contribution in [2.24, 2.45) is 0 Å². The van der Waals surface area contributed by atoms with E-state index in [9.17, 15) is 10.2 Å². The van der Waals surface area contributed by atoms with Crippen molar-refractivity contribution in [3.05, 3.63) is 51.7 Å². The molecule has 1 aromatic carbocycles. The molecule has 0 aliphatic carbocycles. The number of phenolic OH excluding ortho intramolecular Hbond substituents is 1. The van der Waals surface area contributed by atoms with Crippen LogP contribution in [-0.2, 0) is 6.54 Å². The predicted molar refractivity (Wildman–Crippen MR) is 72.6 cm³/mol. The first-order valence-electron chi connectivity index (χ1n) is 5.99. The molecule has 0 radical (unpaired) electrons. The summed E-state index contributed by atoms with van der Waals surface area (Å²) in [5, 5.41) is 21.4. The van der Waals surface area contributed by atoms with Crippen molar-refractivity contribution in [2.75, 3.05) is 6.54 Å². The van der Waals surface area contributed by atoms with Crippen molar-refractivity contribution in [1.82, 2.24) is 0 Å². The maximum Gasteiger partial charge on any atom is 0.128 e. The maximum absolute atomic E-state index is 9.99. The molecule has 4 heteroatoms. The summed E-state index contributed by atoms with van der Waals surface area (Å²) in [6.45, 7) is 3.57. The highest BCUT2D eigenvalue weighted by molar-refractivity contribution is 7.11. The molecule has 96 valence electrons. The van der Waals surface area contributed by atoms with E-state index in [1.54, 1.807) is 29.5 Å². The van der Waals surface area contributed by atoms with Crippen LogP contribution in [0.4, 0.5) is 0 Å². The summed E-state index contributed by atoms with van der Waals surface area (Å²) in [5.74, 6) is 0.195. The molecule has 2 rings (SSSR count). The minimum atomic E-state index is -0.543. The number of aliphatic hydroxyl groups excluding tert-OH is 1. The number of rotatable bonds is 5. The number of hydrogen-bond acceptors (Lipinski definition) is 3. The Hall–Kier alpha value is -1.36. The van der Waals surface area contributed by atoms with Crippen LogP contribution in [0, 0.1) is 6.92 Å². The van der Waals surface area contributed by atoms with E-state index in [2.05, 4.69) is 24.4 Å². The molecule has 1 atom stereocenters. The van der Waals surface area contributed by atoms with E-state index >= 15 is 0 Å². The third kappa shape index (κ3) is 3.57. The van der Waals surface area contributed by atoms with E-state index in [4.69, 9.17) is 0 Å². The lowest BCUT2D eigenvalue weighted by Gasteiger charge is -2.09. The van der Waals surface area contributed by atoms with Crippen LogP contribution in [0.5, 0.6) is 5.75 Å². The van der Waals surface area contributed by atoms with Crippen LogP contribution in [0.2, 0.25) is 0 Å². The lowest BCUT2D eigenvalue weighted by Crippen LogP contribution is -2.83. The molecular formula is C14H18NO2S+. The van der Waals surface area contributed by atoms with Gasteiger partial charge in [-0.05, 0) is 36.8 Å². The van der Waals surface area contributed by atoms with Crippen LogP contribution in [0.15, 0.2) is 36.4 Å². The van der Waals surface area contributed by atoms with Gasteiger partial charge in [-0.2, -0.15) is 0 Å². The number of hydrogen-bond donors (Lipinski definition) is 3. The first-order chi connectivity index (χ1) is 8.65. The number of nitrogens with two attached hydrogens (primary N) is 1. The quantitative estimate of drug-likeness (QED) is 0.767. The summed E-state index contributed by atoms with van der Waals surface area (Å²) < 4.78 is 0. The SMILES string of the molecule is Cc1ccc(C[NH2+]C[C@@H](O)c2cccc(O)c2)s1. The van der Waals surface area contributed by atoms with E-state index in [0.29, 0.717) is 6.54 Å². The molecule has 18 heavy (non-hydrogen) atoms. The predicted octanol–water partition coefficient (Wildman–Crippen LogP) is 1.56. The van der Waals surface area contributed by atoms with Gasteiger partial charge in [-0.15, -0.1) is 11.3 Å². The Labute approximate surface area is 111 Å². The highest BCUT2D eigenvalue weighted by Crippen LogP contribution is 2.17. The topological polar surface area (TPSA) is 57.1 Å². The van der Waals surface area contributed by atoms with E-state index in [1.165, 1.54) is 9.75 Å². The summed E-state index contributed by atoms with van der Waals surface area (Å²) in [6.07, 6.45) is -0.543. The van der Waals surface area contributed by atoms with Gasteiger partial charge in [0.1, 0.15) is 24.9 Å². The van der Waals surface area contributed by atoms with Gasteiger partial charge in [0.2, 0.25) is 0 Å². The molecule has 3 nitrogen and oxygen atoms in total. The van der Waals surface area contributed by atoms with Crippen LogP contribution in [-0.4, -0.2) is 16.8 Å². The number of benzene rings is 1. The molecule has 0 saturated heterocycles. The van der Waals surface area contributed by atoms with Crippen molar-refractivity contribution in [1.29, 1.82) is 0 Å². The zero-order valence-electron chi connectivity index (χ0n) is 10.3. The molecule has 1 aromatic heterocycles. The van der Waals surface area contributed by atoms with Gasteiger partial charge in [0.25, 0.3) is 0 Å². The molecule has 4 N–H and O–H groups in total. The van der Waals surface area contributed by atoms with Crippen LogP contribution in [0.1, 0.15) is 21.4 Å². The van der Waals surface area contributed by atoms with Crippen LogP contribution in [0.25, 0.3) is 0 Å². The van der Waals surface area contributed by atoms with Gasteiger partial charge < -0.3 is 15.5 Å². The summed E-state index contributed by atoms with van der Waals surface area (Å²) in [7, 11) is 0. The zero-order valence-corrected chi connectivity index (χ0v) is 11.2.